The van der Waals surface area contributed by atoms with Gasteiger partial charge in [-0.05, 0) is 12.1 Å². The average Bonchev–Trinajstić information content (AvgIpc) is 2.76. The topological polar surface area (TPSA) is 96.6 Å². The second-order valence-corrected chi connectivity index (χ2v) is 3.09. The number of Topliss-reactive ketones (excluding diaryl/α,β-unsaturated/α-hetero) is 1. The van der Waals surface area contributed by atoms with Gasteiger partial charge < -0.3 is 14.8 Å². The number of nitrogens with one attached hydrogen (secondary N) is 1. The van der Waals surface area contributed by atoms with E-state index in [0.717, 1.165) is 0 Å². The van der Waals surface area contributed by atoms with Gasteiger partial charge >= 0.3 is 5.97 Å². The molecule has 86 valence electrons. The summed E-state index contributed by atoms with van der Waals surface area (Å²) in [6.07, 6.45) is 1.03. The van der Waals surface area contributed by atoms with Gasteiger partial charge in [-0.2, -0.15) is 0 Å². The van der Waals surface area contributed by atoms with Crippen molar-refractivity contribution in [1.29, 1.82) is 0 Å². The monoisotopic (exact) mass is 225 g/mol. The lowest BCUT2D eigenvalue weighted by molar-refractivity contribution is -0.138. The molecule has 0 fully saturated rings. The largest absolute Gasteiger partial charge is 0.481 e. The summed E-state index contributed by atoms with van der Waals surface area (Å²) in [6.45, 7) is -0.188. The molecule has 0 aliphatic heterocycles. The number of amides is 1. The Labute approximate surface area is 91.2 Å². The number of hydrogen-bond donors (Lipinski definition) is 2. The zero-order valence-corrected chi connectivity index (χ0v) is 8.43. The van der Waals surface area contributed by atoms with Crippen LogP contribution in [0.1, 0.15) is 23.4 Å². The second kappa shape index (κ2) is 5.69. The fraction of sp³-hybridized carbons (Fsp3) is 0.300. The Morgan fingerprint density at radius 1 is 1.31 bits per heavy atom. The van der Waals surface area contributed by atoms with E-state index in [0.29, 0.717) is 0 Å². The van der Waals surface area contributed by atoms with E-state index in [4.69, 9.17) is 9.52 Å². The molecule has 1 rings (SSSR count). The predicted octanol–water partition coefficient (Wildman–Crippen LogP) is 0.443. The third-order valence-corrected chi connectivity index (χ3v) is 1.81. The van der Waals surface area contributed by atoms with Crippen LogP contribution < -0.4 is 5.32 Å². The molecule has 0 unspecified atom stereocenters. The van der Waals surface area contributed by atoms with Gasteiger partial charge in [-0.3, -0.25) is 14.4 Å². The fourth-order valence-corrected chi connectivity index (χ4v) is 1.01. The molecule has 0 aliphatic carbocycles. The Balaban J connectivity index is 2.27. The lowest BCUT2D eigenvalue weighted by atomic mass is 10.2. The molecule has 2 N–H and O–H groups in total. The number of carbonyl (C=O) groups is 3. The summed E-state index contributed by atoms with van der Waals surface area (Å²) in [7, 11) is 0. The highest BCUT2D eigenvalue weighted by Gasteiger charge is 2.10. The molecule has 1 aromatic heterocycles. The molecule has 1 heterocycles. The van der Waals surface area contributed by atoms with E-state index in [2.05, 4.69) is 5.32 Å². The van der Waals surface area contributed by atoms with Crippen LogP contribution in [0.15, 0.2) is 22.8 Å². The smallest absolute Gasteiger partial charge is 0.303 e. The van der Waals surface area contributed by atoms with Crippen molar-refractivity contribution in [2.45, 2.75) is 12.8 Å². The van der Waals surface area contributed by atoms with Crippen molar-refractivity contribution in [3.8, 4) is 0 Å². The molecule has 0 radical (unpaired) electrons. The number of rotatable bonds is 6. The number of hydrogen-bond acceptors (Lipinski definition) is 4. The van der Waals surface area contributed by atoms with Crippen LogP contribution in [0.4, 0.5) is 0 Å². The van der Waals surface area contributed by atoms with Crippen LogP contribution in [0.5, 0.6) is 0 Å². The Morgan fingerprint density at radius 2 is 2.06 bits per heavy atom. The van der Waals surface area contributed by atoms with E-state index >= 15 is 0 Å². The minimum absolute atomic E-state index is 0.0895. The van der Waals surface area contributed by atoms with Gasteiger partial charge in [0.25, 0.3) is 5.91 Å². The Morgan fingerprint density at radius 3 is 2.62 bits per heavy atom. The van der Waals surface area contributed by atoms with E-state index in [1.807, 2.05) is 0 Å². The Kier molecular flexibility index (Phi) is 4.26. The van der Waals surface area contributed by atoms with E-state index in [1.54, 1.807) is 6.07 Å². The summed E-state index contributed by atoms with van der Waals surface area (Å²) in [5, 5.41) is 10.7. The second-order valence-electron chi connectivity index (χ2n) is 3.09. The summed E-state index contributed by atoms with van der Waals surface area (Å²) in [4.78, 5) is 32.6. The van der Waals surface area contributed by atoms with Crippen LogP contribution in [-0.2, 0) is 9.59 Å². The van der Waals surface area contributed by atoms with Crippen molar-refractivity contribution in [3.05, 3.63) is 24.2 Å². The van der Waals surface area contributed by atoms with Crippen molar-refractivity contribution >= 4 is 17.7 Å². The zero-order valence-electron chi connectivity index (χ0n) is 8.43. The van der Waals surface area contributed by atoms with Crippen LogP contribution in [0.3, 0.4) is 0 Å². The first-order chi connectivity index (χ1) is 7.59. The number of carboxylic acids is 1. The molecular weight excluding hydrogens is 214 g/mol. The maximum atomic E-state index is 11.3. The van der Waals surface area contributed by atoms with E-state index in [9.17, 15) is 14.4 Å². The molecule has 0 saturated carbocycles. The molecule has 0 aliphatic rings. The van der Waals surface area contributed by atoms with Crippen molar-refractivity contribution < 1.29 is 23.9 Å². The molecule has 0 aromatic carbocycles. The molecule has 6 nitrogen and oxygen atoms in total. The van der Waals surface area contributed by atoms with Crippen molar-refractivity contribution in [2.24, 2.45) is 0 Å². The normalized spacial score (nSPS) is 9.75. The summed E-state index contributed by atoms with van der Waals surface area (Å²) in [6, 6.07) is 3.03. The quantitative estimate of drug-likeness (QED) is 0.732. The van der Waals surface area contributed by atoms with Crippen molar-refractivity contribution in [2.75, 3.05) is 6.54 Å². The highest BCUT2D eigenvalue weighted by atomic mass is 16.4. The van der Waals surface area contributed by atoms with E-state index < -0.39 is 11.9 Å². The number of carbonyl (C=O) groups excluding carboxylic acids is 2. The summed E-state index contributed by atoms with van der Waals surface area (Å²) < 4.78 is 4.81. The van der Waals surface area contributed by atoms with Crippen molar-refractivity contribution in [3.63, 3.8) is 0 Å². The molecule has 16 heavy (non-hydrogen) atoms. The van der Waals surface area contributed by atoms with Crippen LogP contribution in [-0.4, -0.2) is 29.3 Å². The fourth-order valence-electron chi connectivity index (χ4n) is 1.01. The first-order valence-corrected chi connectivity index (χ1v) is 4.65. The first-order valence-electron chi connectivity index (χ1n) is 4.65. The van der Waals surface area contributed by atoms with Crippen molar-refractivity contribution in [1.82, 2.24) is 5.32 Å². The van der Waals surface area contributed by atoms with Gasteiger partial charge in [0.05, 0.1) is 19.2 Å². The van der Waals surface area contributed by atoms with Crippen LogP contribution >= 0.6 is 0 Å². The number of aliphatic carboxylic acids is 1. The van der Waals surface area contributed by atoms with Gasteiger partial charge in [-0.1, -0.05) is 0 Å². The van der Waals surface area contributed by atoms with Crippen LogP contribution in [0, 0.1) is 0 Å². The summed E-state index contributed by atoms with van der Waals surface area (Å²) in [5.74, 6) is -1.74. The highest BCUT2D eigenvalue weighted by Crippen LogP contribution is 1.99. The maximum Gasteiger partial charge on any atom is 0.303 e. The molecular formula is C10H11NO5. The van der Waals surface area contributed by atoms with Gasteiger partial charge in [0.2, 0.25) is 0 Å². The molecule has 0 atom stereocenters. The molecule has 1 amide bonds. The molecule has 0 spiro atoms. The Hall–Kier alpha value is -2.11. The molecule has 0 saturated heterocycles. The zero-order chi connectivity index (χ0) is 12.0. The van der Waals surface area contributed by atoms with Gasteiger partial charge in [0, 0.05) is 6.42 Å². The van der Waals surface area contributed by atoms with Gasteiger partial charge in [-0.15, -0.1) is 0 Å². The number of ketones is 1. The van der Waals surface area contributed by atoms with Gasteiger partial charge in [0.15, 0.2) is 11.5 Å². The average molecular weight is 225 g/mol. The maximum absolute atomic E-state index is 11.3. The minimum atomic E-state index is -1.04. The van der Waals surface area contributed by atoms with Crippen LogP contribution in [0.25, 0.3) is 0 Å². The third-order valence-electron chi connectivity index (χ3n) is 1.81. The lowest BCUT2D eigenvalue weighted by Gasteiger charge is -2.01. The molecule has 0 bridgehead atoms. The highest BCUT2D eigenvalue weighted by molar-refractivity contribution is 5.94. The predicted molar refractivity (Wildman–Crippen MR) is 52.9 cm³/mol. The van der Waals surface area contributed by atoms with E-state index in [-0.39, 0.29) is 30.9 Å². The Bertz CT molecular complexity index is 382. The molecule has 1 aromatic rings. The SMILES string of the molecule is O=C(O)CCC(=O)CNC(=O)c1ccco1. The van der Waals surface area contributed by atoms with Gasteiger partial charge in [-0.25, -0.2) is 0 Å². The lowest BCUT2D eigenvalue weighted by Crippen LogP contribution is -2.29. The number of carboxylic acid groups (broad SMARTS) is 1. The summed E-state index contributed by atoms with van der Waals surface area (Å²) >= 11 is 0. The van der Waals surface area contributed by atoms with E-state index in [1.165, 1.54) is 12.3 Å². The third kappa shape index (κ3) is 3.95. The van der Waals surface area contributed by atoms with Crippen LogP contribution in [0.2, 0.25) is 0 Å². The standard InChI is InChI=1S/C10H11NO5/c12-7(3-4-9(13)14)6-11-10(15)8-2-1-5-16-8/h1-2,5H,3-4,6H2,(H,11,15)(H,13,14). The number of furan rings is 1. The minimum Gasteiger partial charge on any atom is -0.481 e. The van der Waals surface area contributed by atoms with Gasteiger partial charge in [0.1, 0.15) is 0 Å². The molecule has 6 heteroatoms. The summed E-state index contributed by atoms with van der Waals surface area (Å²) in [5.41, 5.74) is 0. The first kappa shape index (κ1) is 12.0.